The Kier molecular flexibility index (Phi) is 7.99. The van der Waals surface area contributed by atoms with Crippen molar-refractivity contribution < 1.29 is 27.9 Å². The van der Waals surface area contributed by atoms with Gasteiger partial charge < -0.3 is 31.0 Å². The summed E-state index contributed by atoms with van der Waals surface area (Å²) in [6.45, 7) is -1.99. The number of nitrogens with zero attached hydrogens (tertiary/aromatic N) is 1. The number of ether oxygens (including phenoxy) is 1. The highest BCUT2D eigenvalue weighted by molar-refractivity contribution is 7.10. The lowest BCUT2D eigenvalue weighted by Crippen LogP contribution is -2.49. The van der Waals surface area contributed by atoms with E-state index in [2.05, 4.69) is 20.4 Å². The summed E-state index contributed by atoms with van der Waals surface area (Å²) in [4.78, 5) is 44.4. The zero-order chi connectivity index (χ0) is 29.3. The molecule has 13 heteroatoms. The van der Waals surface area contributed by atoms with E-state index in [0.717, 1.165) is 31.6 Å². The lowest BCUT2D eigenvalue weighted by Gasteiger charge is -2.25. The molecule has 1 aliphatic heterocycles. The van der Waals surface area contributed by atoms with Crippen LogP contribution >= 0.6 is 11.3 Å². The molecule has 0 aliphatic carbocycles. The summed E-state index contributed by atoms with van der Waals surface area (Å²) in [5.74, 6) is -1.73. The summed E-state index contributed by atoms with van der Waals surface area (Å²) in [7, 11) is 0. The minimum atomic E-state index is -3.06. The van der Waals surface area contributed by atoms with Crippen molar-refractivity contribution in [2.24, 2.45) is 5.73 Å². The number of benzene rings is 2. The number of thiophene rings is 1. The maximum Gasteiger partial charge on any atom is 0.345 e. The van der Waals surface area contributed by atoms with Crippen molar-refractivity contribution in [2.75, 3.05) is 13.1 Å². The quantitative estimate of drug-likeness (QED) is 0.151. The highest BCUT2D eigenvalue weighted by Gasteiger charge is 2.41. The summed E-state index contributed by atoms with van der Waals surface area (Å²) in [6, 6.07) is 13.0. The first-order chi connectivity index (χ1) is 19.6. The largest absolute Gasteiger partial charge is 0.384 e. The maximum atomic E-state index is 13.2. The van der Waals surface area contributed by atoms with Crippen LogP contribution < -0.4 is 16.4 Å². The van der Waals surface area contributed by atoms with Crippen molar-refractivity contribution in [3.8, 4) is 0 Å². The Morgan fingerprint density at radius 2 is 1.90 bits per heavy atom. The van der Waals surface area contributed by atoms with Crippen LogP contribution in [0.1, 0.15) is 40.2 Å². The molecule has 41 heavy (non-hydrogen) atoms. The lowest BCUT2D eigenvalue weighted by molar-refractivity contribution is -0.160. The topological polar surface area (TPSA) is 153 Å². The highest BCUT2D eigenvalue weighted by atomic mass is 32.1. The number of likely N-dealkylation sites (tertiary alicyclic amines) is 1. The van der Waals surface area contributed by atoms with Crippen LogP contribution in [0, 0.1) is 5.41 Å². The Bertz CT molecular complexity index is 1640. The van der Waals surface area contributed by atoms with Crippen molar-refractivity contribution in [1.82, 2.24) is 20.5 Å². The minimum Gasteiger partial charge on any atom is -0.384 e. The predicted octanol–water partition coefficient (Wildman–Crippen LogP) is 3.48. The average Bonchev–Trinajstić information content (AvgIpc) is 3.68. The van der Waals surface area contributed by atoms with Crippen molar-refractivity contribution in [3.05, 3.63) is 69.9 Å². The first kappa shape index (κ1) is 28.2. The summed E-state index contributed by atoms with van der Waals surface area (Å²) in [5, 5.41) is 16.4. The van der Waals surface area contributed by atoms with Crippen LogP contribution in [0.15, 0.2) is 53.9 Å². The Labute approximate surface area is 237 Å². The molecule has 1 unspecified atom stereocenters. The molecule has 1 fully saturated rings. The third-order valence-corrected chi connectivity index (χ3v) is 8.18. The van der Waals surface area contributed by atoms with Gasteiger partial charge in [0.15, 0.2) is 0 Å². The number of amides is 3. The van der Waals surface area contributed by atoms with E-state index >= 15 is 0 Å². The van der Waals surface area contributed by atoms with Gasteiger partial charge in [-0.3, -0.25) is 19.8 Å². The van der Waals surface area contributed by atoms with Crippen LogP contribution in [-0.2, 0) is 14.3 Å². The van der Waals surface area contributed by atoms with Gasteiger partial charge in [-0.1, -0.05) is 18.2 Å². The molecule has 3 amide bonds. The molecule has 2 aromatic heterocycles. The van der Waals surface area contributed by atoms with E-state index < -0.39 is 49.1 Å². The Balaban J connectivity index is 1.26. The van der Waals surface area contributed by atoms with Crippen LogP contribution in [0.2, 0.25) is 0 Å². The number of amidine groups is 1. The van der Waals surface area contributed by atoms with Gasteiger partial charge in [0.1, 0.15) is 11.9 Å². The van der Waals surface area contributed by atoms with Crippen molar-refractivity contribution in [3.63, 3.8) is 0 Å². The van der Waals surface area contributed by atoms with Crippen LogP contribution in [0.4, 0.5) is 8.78 Å². The predicted molar refractivity (Wildman–Crippen MR) is 151 cm³/mol. The zero-order valence-electron chi connectivity index (χ0n) is 21.9. The van der Waals surface area contributed by atoms with Gasteiger partial charge in [0.25, 0.3) is 5.91 Å². The molecule has 0 saturated carbocycles. The number of para-hydroxylation sites is 1. The zero-order valence-corrected chi connectivity index (χ0v) is 22.8. The second-order valence-electron chi connectivity index (χ2n) is 9.81. The third-order valence-electron chi connectivity index (χ3n) is 7.07. The van der Waals surface area contributed by atoms with E-state index in [9.17, 15) is 23.2 Å². The van der Waals surface area contributed by atoms with E-state index in [0.29, 0.717) is 11.1 Å². The summed E-state index contributed by atoms with van der Waals surface area (Å²) < 4.78 is 30.5. The molecule has 5 rings (SSSR count). The molecule has 2 aromatic carbocycles. The Morgan fingerprint density at radius 1 is 1.15 bits per heavy atom. The SMILES string of the molecule is CC(NC(=O)[C@@H]1C[C@@H](OC(F)F)CN1C(=O)CNC(=O)c1ccc2[nH]c3ccccc3c2c1)c1cc(C(=N)N)cs1. The lowest BCUT2D eigenvalue weighted by atomic mass is 10.1. The fourth-order valence-corrected chi connectivity index (χ4v) is 5.93. The number of aromatic amines is 1. The van der Waals surface area contributed by atoms with E-state index in [1.165, 1.54) is 11.3 Å². The molecular formula is C28H28F2N6O4S. The van der Waals surface area contributed by atoms with Crippen molar-refractivity contribution >= 4 is 56.7 Å². The molecular weight excluding hydrogens is 554 g/mol. The van der Waals surface area contributed by atoms with Gasteiger partial charge in [0.05, 0.1) is 18.7 Å². The number of nitrogen functional groups attached to an aromatic ring is 1. The fraction of sp³-hybridized carbons (Fsp3) is 0.286. The number of rotatable bonds is 9. The van der Waals surface area contributed by atoms with E-state index in [4.69, 9.17) is 11.1 Å². The number of nitrogens with two attached hydrogens (primary N) is 1. The van der Waals surface area contributed by atoms with Gasteiger partial charge in [-0.2, -0.15) is 8.78 Å². The van der Waals surface area contributed by atoms with Gasteiger partial charge in [-0.05, 0) is 37.3 Å². The smallest absolute Gasteiger partial charge is 0.345 e. The maximum absolute atomic E-state index is 13.2. The summed E-state index contributed by atoms with van der Waals surface area (Å²) >= 11 is 1.31. The van der Waals surface area contributed by atoms with Crippen LogP contribution in [0.3, 0.4) is 0 Å². The summed E-state index contributed by atoms with van der Waals surface area (Å²) in [5.41, 5.74) is 8.18. The Hall–Kier alpha value is -4.36. The van der Waals surface area contributed by atoms with Crippen molar-refractivity contribution in [1.29, 1.82) is 5.41 Å². The van der Waals surface area contributed by atoms with Crippen molar-refractivity contribution in [2.45, 2.75) is 38.1 Å². The molecule has 1 saturated heterocycles. The second kappa shape index (κ2) is 11.6. The first-order valence-corrected chi connectivity index (χ1v) is 13.7. The first-order valence-electron chi connectivity index (χ1n) is 12.9. The molecule has 10 nitrogen and oxygen atoms in total. The molecule has 214 valence electrons. The van der Waals surface area contributed by atoms with Gasteiger partial charge in [0, 0.05) is 56.2 Å². The van der Waals surface area contributed by atoms with Crippen LogP contribution in [0.5, 0.6) is 0 Å². The molecule has 3 heterocycles. The number of halogens is 2. The molecule has 0 bridgehead atoms. The number of alkyl halides is 2. The van der Waals surface area contributed by atoms with Crippen LogP contribution in [0.25, 0.3) is 21.8 Å². The number of carbonyl (C=O) groups is 3. The number of carbonyl (C=O) groups excluding carboxylic acids is 3. The normalized spacial score (nSPS) is 17.7. The van der Waals surface area contributed by atoms with E-state index in [1.54, 1.807) is 36.6 Å². The minimum absolute atomic E-state index is 0.103. The molecule has 6 N–H and O–H groups in total. The molecule has 0 spiro atoms. The molecule has 4 aromatic rings. The van der Waals surface area contributed by atoms with Gasteiger partial charge >= 0.3 is 6.61 Å². The number of hydrogen-bond donors (Lipinski definition) is 5. The molecule has 0 radical (unpaired) electrons. The fourth-order valence-electron chi connectivity index (χ4n) is 5.02. The van der Waals surface area contributed by atoms with Gasteiger partial charge in [-0.15, -0.1) is 11.3 Å². The Morgan fingerprint density at radius 3 is 2.63 bits per heavy atom. The van der Waals surface area contributed by atoms with Crippen LogP contribution in [-0.4, -0.2) is 65.3 Å². The van der Waals surface area contributed by atoms with E-state index in [1.807, 2.05) is 24.3 Å². The summed E-state index contributed by atoms with van der Waals surface area (Å²) in [6.07, 6.45) is -1.17. The number of nitrogens with one attached hydrogen (secondary N) is 4. The molecule has 1 aliphatic rings. The average molecular weight is 583 g/mol. The number of H-pyrrole nitrogens is 1. The number of aromatic nitrogens is 1. The third kappa shape index (κ3) is 6.05. The van der Waals surface area contributed by atoms with Gasteiger partial charge in [0.2, 0.25) is 11.8 Å². The van der Waals surface area contributed by atoms with E-state index in [-0.39, 0.29) is 18.8 Å². The standard InChI is InChI=1S/C28H28F2N6O4S/c1-14(23-9-16(13-41-23)25(31)32)34-27(39)22-10-17(40-28(29)30)12-36(22)24(37)11-33-26(38)15-6-7-21-19(8-15)18-4-2-3-5-20(18)35-21/h2-9,13-14,17,22,28,35H,10-12H2,1H3,(H3,31,32)(H,33,38)(H,34,39)/t14?,17-,22+/m1/s1. The highest BCUT2D eigenvalue weighted by Crippen LogP contribution is 2.27. The monoisotopic (exact) mass is 582 g/mol. The molecule has 3 atom stereocenters. The number of fused-ring (bicyclic) bond motifs is 3. The number of hydrogen-bond acceptors (Lipinski definition) is 6. The van der Waals surface area contributed by atoms with Gasteiger partial charge in [-0.25, -0.2) is 0 Å². The second-order valence-corrected chi connectivity index (χ2v) is 10.8.